The van der Waals surface area contributed by atoms with Crippen molar-refractivity contribution >= 4 is 17.3 Å². The highest BCUT2D eigenvalue weighted by Crippen LogP contribution is 2.33. The van der Waals surface area contributed by atoms with Crippen molar-refractivity contribution in [2.45, 2.75) is 45.1 Å². The fraction of sp³-hybridized carbons (Fsp3) is 0.538. The molecule has 100 valence electrons. The Balaban J connectivity index is 3.16. The van der Waals surface area contributed by atoms with Crippen LogP contribution in [0.15, 0.2) is 18.2 Å². The molecule has 1 aromatic carbocycles. The molecule has 1 rings (SSSR count). The van der Waals surface area contributed by atoms with E-state index in [1.165, 1.54) is 6.07 Å². The second kappa shape index (κ2) is 6.05. The van der Waals surface area contributed by atoms with Gasteiger partial charge >= 0.3 is 5.69 Å². The monoisotopic (exact) mass is 271 g/mol. The van der Waals surface area contributed by atoms with Crippen LogP contribution in [-0.4, -0.2) is 16.4 Å². The fourth-order valence-corrected chi connectivity index (χ4v) is 1.72. The molecule has 2 atom stereocenters. The number of ether oxygens (including phenoxy) is 1. The molecule has 0 aromatic heterocycles. The average Bonchev–Trinajstić information content (AvgIpc) is 2.26. The van der Waals surface area contributed by atoms with Gasteiger partial charge in [-0.2, -0.15) is 0 Å². The maximum Gasteiger partial charge on any atom is 0.310 e. The van der Waals surface area contributed by atoms with Gasteiger partial charge in [-0.3, -0.25) is 10.1 Å². The van der Waals surface area contributed by atoms with Crippen LogP contribution >= 0.6 is 11.6 Å². The number of nitrogens with zero attached hydrogens (tertiary/aromatic N) is 1. The van der Waals surface area contributed by atoms with Crippen LogP contribution in [-0.2, 0) is 0 Å². The van der Waals surface area contributed by atoms with E-state index in [0.29, 0.717) is 5.75 Å². The van der Waals surface area contributed by atoms with Gasteiger partial charge in [-0.05, 0) is 38.3 Å². The van der Waals surface area contributed by atoms with Crippen molar-refractivity contribution in [3.63, 3.8) is 0 Å². The minimum atomic E-state index is -0.434. The number of hydrogen-bond donors (Lipinski definition) is 0. The molecule has 0 fully saturated rings. The quantitative estimate of drug-likeness (QED) is 0.460. The first-order chi connectivity index (χ1) is 8.32. The van der Waals surface area contributed by atoms with Gasteiger partial charge in [0.1, 0.15) is 0 Å². The van der Waals surface area contributed by atoms with Crippen molar-refractivity contribution < 1.29 is 9.66 Å². The summed E-state index contributed by atoms with van der Waals surface area (Å²) in [6.07, 6.45) is -0.109. The van der Waals surface area contributed by atoms with Crippen molar-refractivity contribution in [3.05, 3.63) is 33.9 Å². The number of nitro groups is 1. The first-order valence-corrected chi connectivity index (χ1v) is 6.35. The molecule has 0 heterocycles. The molecule has 0 aliphatic carbocycles. The van der Waals surface area contributed by atoms with E-state index in [4.69, 9.17) is 16.3 Å². The molecule has 0 amide bonds. The molecule has 0 bridgehead atoms. The fourth-order valence-electron chi connectivity index (χ4n) is 1.58. The summed E-state index contributed by atoms with van der Waals surface area (Å²) in [6, 6.07) is 4.92. The van der Waals surface area contributed by atoms with Gasteiger partial charge in [0.25, 0.3) is 0 Å². The second-order valence-electron chi connectivity index (χ2n) is 4.62. The van der Waals surface area contributed by atoms with E-state index in [1.807, 2.05) is 27.7 Å². The normalized spacial score (nSPS) is 14.3. The molecule has 1 aromatic rings. The van der Waals surface area contributed by atoms with Crippen molar-refractivity contribution in [1.82, 2.24) is 0 Å². The molecule has 0 aliphatic heterocycles. The molecule has 4 nitrogen and oxygen atoms in total. The molecule has 2 unspecified atom stereocenters. The molecule has 18 heavy (non-hydrogen) atoms. The number of rotatable bonds is 5. The van der Waals surface area contributed by atoms with Crippen LogP contribution in [0.4, 0.5) is 5.69 Å². The van der Waals surface area contributed by atoms with Gasteiger partial charge in [-0.1, -0.05) is 13.0 Å². The predicted molar refractivity (Wildman–Crippen MR) is 72.6 cm³/mol. The number of nitro benzene ring substituents is 1. The highest BCUT2D eigenvalue weighted by molar-refractivity contribution is 6.20. The van der Waals surface area contributed by atoms with E-state index in [1.54, 1.807) is 12.1 Å². The third-order valence-electron chi connectivity index (χ3n) is 2.76. The third-order valence-corrected chi connectivity index (χ3v) is 3.14. The van der Waals surface area contributed by atoms with Gasteiger partial charge in [0.15, 0.2) is 5.75 Å². The first kappa shape index (κ1) is 14.8. The van der Waals surface area contributed by atoms with E-state index >= 15 is 0 Å². The zero-order chi connectivity index (χ0) is 13.9. The Hall–Kier alpha value is -1.29. The van der Waals surface area contributed by atoms with Gasteiger partial charge < -0.3 is 4.74 Å². The molecule has 0 spiro atoms. The molecule has 0 saturated heterocycles. The van der Waals surface area contributed by atoms with E-state index < -0.39 is 4.92 Å². The summed E-state index contributed by atoms with van der Waals surface area (Å²) in [5, 5.41) is 10.9. The summed E-state index contributed by atoms with van der Waals surface area (Å²) in [4.78, 5) is 10.5. The summed E-state index contributed by atoms with van der Waals surface area (Å²) >= 11 is 6.05. The molecule has 5 heteroatoms. The Bertz CT molecular complexity index is 432. The summed E-state index contributed by atoms with van der Waals surface area (Å²) in [6.45, 7) is 7.56. The van der Waals surface area contributed by atoms with Gasteiger partial charge in [0, 0.05) is 11.4 Å². The minimum Gasteiger partial charge on any atom is -0.484 e. The van der Waals surface area contributed by atoms with Crippen molar-refractivity contribution in [3.8, 4) is 5.75 Å². The Morgan fingerprint density at radius 3 is 2.33 bits per heavy atom. The Kier molecular flexibility index (Phi) is 4.96. The van der Waals surface area contributed by atoms with Crippen molar-refractivity contribution in [2.75, 3.05) is 0 Å². The molecule has 0 saturated carbocycles. The largest absolute Gasteiger partial charge is 0.484 e. The lowest BCUT2D eigenvalue weighted by Crippen LogP contribution is -2.10. The number of halogens is 1. The van der Waals surface area contributed by atoms with Crippen LogP contribution in [0.3, 0.4) is 0 Å². The Labute approximate surface area is 112 Å². The third kappa shape index (κ3) is 3.60. The van der Waals surface area contributed by atoms with Crippen LogP contribution < -0.4 is 4.74 Å². The van der Waals surface area contributed by atoms with Crippen LogP contribution in [0, 0.1) is 10.1 Å². The van der Waals surface area contributed by atoms with E-state index in [2.05, 4.69) is 0 Å². The highest BCUT2D eigenvalue weighted by Gasteiger charge is 2.20. The zero-order valence-electron chi connectivity index (χ0n) is 11.0. The number of alkyl halides is 1. The summed E-state index contributed by atoms with van der Waals surface area (Å²) in [5.74, 6) is 0.415. The summed E-state index contributed by atoms with van der Waals surface area (Å²) in [7, 11) is 0. The van der Waals surface area contributed by atoms with Gasteiger partial charge in [-0.15, -0.1) is 11.6 Å². The minimum absolute atomic E-state index is 0.0122. The number of benzene rings is 1. The molecule has 0 N–H and O–H groups in total. The van der Waals surface area contributed by atoms with Gasteiger partial charge in [0.2, 0.25) is 0 Å². The lowest BCUT2D eigenvalue weighted by molar-refractivity contribution is -0.386. The Morgan fingerprint density at radius 1 is 1.28 bits per heavy atom. The maximum atomic E-state index is 10.9. The predicted octanol–water partition coefficient (Wildman–Crippen LogP) is 4.11. The van der Waals surface area contributed by atoms with Crippen LogP contribution in [0.5, 0.6) is 5.75 Å². The highest BCUT2D eigenvalue weighted by atomic mass is 35.5. The molecular formula is C13H18ClNO3. The summed E-state index contributed by atoms with van der Waals surface area (Å²) < 4.78 is 5.49. The molecule has 0 radical (unpaired) electrons. The lowest BCUT2D eigenvalue weighted by Gasteiger charge is -2.16. The Morgan fingerprint density at radius 2 is 1.89 bits per heavy atom. The van der Waals surface area contributed by atoms with E-state index in [0.717, 1.165) is 5.56 Å². The second-order valence-corrected chi connectivity index (χ2v) is 5.31. The van der Waals surface area contributed by atoms with Crippen LogP contribution in [0.2, 0.25) is 0 Å². The topological polar surface area (TPSA) is 52.4 Å². The first-order valence-electron chi connectivity index (χ1n) is 5.92. The maximum absolute atomic E-state index is 10.9. The SMILES string of the molecule is CC(C)Oc1cc(C(C)C(C)Cl)ccc1[N+](=O)[O-]. The van der Waals surface area contributed by atoms with E-state index in [9.17, 15) is 10.1 Å². The number of hydrogen-bond acceptors (Lipinski definition) is 3. The lowest BCUT2D eigenvalue weighted by atomic mass is 9.97. The average molecular weight is 272 g/mol. The van der Waals surface area contributed by atoms with Crippen molar-refractivity contribution in [2.24, 2.45) is 0 Å². The van der Waals surface area contributed by atoms with Crippen molar-refractivity contribution in [1.29, 1.82) is 0 Å². The van der Waals surface area contributed by atoms with Gasteiger partial charge in [0.05, 0.1) is 11.0 Å². The smallest absolute Gasteiger partial charge is 0.310 e. The van der Waals surface area contributed by atoms with Crippen LogP contribution in [0.1, 0.15) is 39.2 Å². The van der Waals surface area contributed by atoms with Crippen LogP contribution in [0.25, 0.3) is 0 Å². The molecule has 0 aliphatic rings. The van der Waals surface area contributed by atoms with Gasteiger partial charge in [-0.25, -0.2) is 0 Å². The summed E-state index contributed by atoms with van der Waals surface area (Å²) in [5.41, 5.74) is 0.931. The standard InChI is InChI=1S/C13H18ClNO3/c1-8(2)18-13-7-11(9(3)10(4)14)5-6-12(13)15(16)17/h5-10H,1-4H3. The van der Waals surface area contributed by atoms with E-state index in [-0.39, 0.29) is 23.1 Å². The zero-order valence-corrected chi connectivity index (χ0v) is 11.8. The molecular weight excluding hydrogens is 254 g/mol.